The molecule has 0 aliphatic heterocycles. The van der Waals surface area contributed by atoms with Crippen molar-refractivity contribution in [2.75, 3.05) is 16.4 Å². The van der Waals surface area contributed by atoms with Gasteiger partial charge in [-0.15, -0.1) is 23.1 Å². The van der Waals surface area contributed by atoms with Crippen LogP contribution >= 0.6 is 23.1 Å². The number of thiazole rings is 1. The number of aryl methyl sites for hydroxylation is 1. The summed E-state index contributed by atoms with van der Waals surface area (Å²) in [5.74, 6) is -2.59. The number of hydrogen-bond acceptors (Lipinski definition) is 6. The minimum Gasteiger partial charge on any atom is -0.481 e. The number of benzene rings is 2. The van der Waals surface area contributed by atoms with Crippen molar-refractivity contribution in [3.63, 3.8) is 0 Å². The van der Waals surface area contributed by atoms with Crippen LogP contribution in [0.2, 0.25) is 0 Å². The normalized spacial score (nSPS) is 17.1. The summed E-state index contributed by atoms with van der Waals surface area (Å²) in [5.41, 5.74) is 2.44. The van der Waals surface area contributed by atoms with Gasteiger partial charge in [0.15, 0.2) is 5.13 Å². The number of thioether (sulfide) groups is 1. The Hall–Kier alpha value is -3.43. The summed E-state index contributed by atoms with van der Waals surface area (Å²) in [6, 6.07) is 17.0. The fraction of sp³-hybridized carbons (Fsp3) is 0.231. The fourth-order valence-electron chi connectivity index (χ4n) is 3.89. The molecule has 1 aromatic heterocycles. The first-order valence-electron chi connectivity index (χ1n) is 11.1. The lowest BCUT2D eigenvalue weighted by atomic mass is 9.82. The second-order valence-corrected chi connectivity index (χ2v) is 10.4. The predicted octanol–water partition coefficient (Wildman–Crippen LogP) is 5.45. The van der Waals surface area contributed by atoms with Gasteiger partial charge in [-0.2, -0.15) is 0 Å². The highest BCUT2D eigenvalue weighted by atomic mass is 32.2. The maximum absolute atomic E-state index is 12.7. The van der Waals surface area contributed by atoms with Gasteiger partial charge < -0.3 is 15.7 Å². The number of rotatable bonds is 8. The van der Waals surface area contributed by atoms with Crippen LogP contribution in [-0.2, 0) is 14.4 Å². The number of amides is 2. The van der Waals surface area contributed by atoms with Gasteiger partial charge >= 0.3 is 5.97 Å². The molecule has 0 saturated carbocycles. The van der Waals surface area contributed by atoms with Gasteiger partial charge in [0.05, 0.1) is 23.3 Å². The summed E-state index contributed by atoms with van der Waals surface area (Å²) in [6.07, 6.45) is 4.41. The van der Waals surface area contributed by atoms with Crippen molar-refractivity contribution >= 4 is 51.7 Å². The molecule has 2 aromatic carbocycles. The Morgan fingerprint density at radius 2 is 1.77 bits per heavy atom. The van der Waals surface area contributed by atoms with Crippen LogP contribution in [-0.4, -0.2) is 33.6 Å². The average molecular weight is 508 g/mol. The van der Waals surface area contributed by atoms with Crippen LogP contribution in [0, 0.1) is 18.8 Å². The van der Waals surface area contributed by atoms with E-state index in [0.717, 1.165) is 21.0 Å². The van der Waals surface area contributed by atoms with Crippen LogP contribution < -0.4 is 10.6 Å². The molecule has 180 valence electrons. The van der Waals surface area contributed by atoms with E-state index in [4.69, 9.17) is 0 Å². The number of carboxylic acids is 1. The van der Waals surface area contributed by atoms with Gasteiger partial charge in [-0.25, -0.2) is 4.98 Å². The minimum absolute atomic E-state index is 0.170. The highest BCUT2D eigenvalue weighted by Crippen LogP contribution is 2.31. The number of aliphatic carboxylic acids is 1. The van der Waals surface area contributed by atoms with E-state index in [1.807, 2.05) is 49.4 Å². The Kier molecular flexibility index (Phi) is 7.99. The van der Waals surface area contributed by atoms with Gasteiger partial charge in [-0.05, 0) is 38.0 Å². The third-order valence-electron chi connectivity index (χ3n) is 5.65. The van der Waals surface area contributed by atoms with Crippen LogP contribution in [0.3, 0.4) is 0 Å². The molecular formula is C26H25N3O4S2. The summed E-state index contributed by atoms with van der Waals surface area (Å²) in [6.45, 7) is 1.98. The molecule has 1 aliphatic rings. The molecule has 3 aromatic rings. The second kappa shape index (κ2) is 11.3. The summed E-state index contributed by atoms with van der Waals surface area (Å²) in [5, 5.41) is 15.7. The Labute approximate surface area is 211 Å². The second-order valence-electron chi connectivity index (χ2n) is 8.14. The number of aromatic nitrogens is 1. The molecule has 4 rings (SSSR count). The van der Waals surface area contributed by atoms with Crippen molar-refractivity contribution in [3.8, 4) is 11.3 Å². The highest BCUT2D eigenvalue weighted by Gasteiger charge is 2.33. The first kappa shape index (κ1) is 24.7. The molecule has 1 aliphatic carbocycles. The van der Waals surface area contributed by atoms with E-state index < -0.39 is 17.8 Å². The molecule has 0 bridgehead atoms. The average Bonchev–Trinajstić information content (AvgIpc) is 3.23. The summed E-state index contributed by atoms with van der Waals surface area (Å²) < 4.78 is 0. The van der Waals surface area contributed by atoms with E-state index in [9.17, 15) is 19.5 Å². The molecule has 2 atom stereocenters. The largest absolute Gasteiger partial charge is 0.481 e. The van der Waals surface area contributed by atoms with Crippen molar-refractivity contribution in [2.24, 2.45) is 11.8 Å². The van der Waals surface area contributed by atoms with Crippen molar-refractivity contribution in [1.82, 2.24) is 4.98 Å². The molecule has 2 amide bonds. The molecule has 7 nitrogen and oxygen atoms in total. The van der Waals surface area contributed by atoms with Gasteiger partial charge in [0.2, 0.25) is 11.8 Å². The van der Waals surface area contributed by atoms with Crippen molar-refractivity contribution in [1.29, 1.82) is 0 Å². The monoisotopic (exact) mass is 507 g/mol. The molecule has 9 heteroatoms. The molecule has 35 heavy (non-hydrogen) atoms. The van der Waals surface area contributed by atoms with Crippen LogP contribution in [0.25, 0.3) is 11.3 Å². The number of carbonyl (C=O) groups is 3. The molecule has 0 radical (unpaired) electrons. The summed E-state index contributed by atoms with van der Waals surface area (Å²) >= 11 is 2.78. The zero-order chi connectivity index (χ0) is 24.8. The fourth-order valence-corrected chi connectivity index (χ4v) is 5.50. The van der Waals surface area contributed by atoms with Crippen LogP contribution in [0.1, 0.15) is 17.7 Å². The molecular weight excluding hydrogens is 482 g/mol. The first-order chi connectivity index (χ1) is 16.9. The molecule has 1 heterocycles. The minimum atomic E-state index is -0.962. The van der Waals surface area contributed by atoms with E-state index >= 15 is 0 Å². The summed E-state index contributed by atoms with van der Waals surface area (Å²) in [4.78, 5) is 43.1. The number of nitrogens with zero attached hydrogens (tertiary/aromatic N) is 1. The first-order valence-corrected chi connectivity index (χ1v) is 12.9. The number of nitrogens with one attached hydrogen (secondary N) is 2. The number of carbonyl (C=O) groups excluding carboxylic acids is 2. The van der Waals surface area contributed by atoms with Crippen LogP contribution in [0.15, 0.2) is 71.6 Å². The van der Waals surface area contributed by atoms with E-state index in [-0.39, 0.29) is 17.6 Å². The quantitative estimate of drug-likeness (QED) is 0.276. The van der Waals surface area contributed by atoms with E-state index in [0.29, 0.717) is 23.7 Å². The number of hydrogen-bond donors (Lipinski definition) is 3. The van der Waals surface area contributed by atoms with E-state index in [1.54, 1.807) is 24.3 Å². The van der Waals surface area contributed by atoms with Gasteiger partial charge in [-0.1, -0.05) is 48.6 Å². The smallest absolute Gasteiger partial charge is 0.307 e. The van der Waals surface area contributed by atoms with Crippen LogP contribution in [0.4, 0.5) is 10.8 Å². The standard InChI is InChI=1S/C26H25N3O4S2/c1-16-23(17-8-3-2-4-9-17)29-26(35-16)28-22(30)15-34-19-11-7-10-18(14-19)27-24(31)20-12-5-6-13-21(20)25(32)33/h2-11,14,20-21H,12-13,15H2,1H3,(H,27,31)(H,32,33)(H,28,29,30). The predicted molar refractivity (Wildman–Crippen MR) is 140 cm³/mol. The van der Waals surface area contributed by atoms with Gasteiger partial charge in [0.1, 0.15) is 0 Å². The summed E-state index contributed by atoms with van der Waals surface area (Å²) in [7, 11) is 0. The third-order valence-corrected chi connectivity index (χ3v) is 7.53. The Morgan fingerprint density at radius 1 is 1.03 bits per heavy atom. The van der Waals surface area contributed by atoms with Gasteiger partial charge in [0, 0.05) is 21.0 Å². The zero-order valence-electron chi connectivity index (χ0n) is 19.1. The van der Waals surface area contributed by atoms with Gasteiger partial charge in [0.25, 0.3) is 0 Å². The van der Waals surface area contributed by atoms with Gasteiger partial charge in [-0.3, -0.25) is 14.4 Å². The van der Waals surface area contributed by atoms with E-state index in [1.165, 1.54) is 23.1 Å². The van der Waals surface area contributed by atoms with Crippen molar-refractivity contribution in [2.45, 2.75) is 24.7 Å². The Bertz CT molecular complexity index is 1260. The number of carboxylic acid groups (broad SMARTS) is 1. The molecule has 2 unspecified atom stereocenters. The molecule has 3 N–H and O–H groups in total. The molecule has 0 fully saturated rings. The lowest BCUT2D eigenvalue weighted by Crippen LogP contribution is -2.34. The van der Waals surface area contributed by atoms with Crippen molar-refractivity contribution in [3.05, 3.63) is 71.6 Å². The molecule has 0 spiro atoms. The lowest BCUT2D eigenvalue weighted by molar-refractivity contribution is -0.146. The topological polar surface area (TPSA) is 108 Å². The third kappa shape index (κ3) is 6.37. The molecule has 0 saturated heterocycles. The number of allylic oxidation sites excluding steroid dienone is 2. The zero-order valence-corrected chi connectivity index (χ0v) is 20.7. The highest BCUT2D eigenvalue weighted by molar-refractivity contribution is 8.00. The SMILES string of the molecule is Cc1sc(NC(=O)CSc2cccc(NC(=O)C3CC=CCC3C(=O)O)c2)nc1-c1ccccc1. The number of anilines is 2. The Morgan fingerprint density at radius 3 is 2.51 bits per heavy atom. The maximum Gasteiger partial charge on any atom is 0.307 e. The van der Waals surface area contributed by atoms with E-state index in [2.05, 4.69) is 15.6 Å². The Balaban J connectivity index is 1.33. The maximum atomic E-state index is 12.7. The van der Waals surface area contributed by atoms with Crippen LogP contribution in [0.5, 0.6) is 0 Å². The van der Waals surface area contributed by atoms with Crippen molar-refractivity contribution < 1.29 is 19.5 Å². The lowest BCUT2D eigenvalue weighted by Gasteiger charge is -2.24.